The molecule has 2 aromatic rings. The summed E-state index contributed by atoms with van der Waals surface area (Å²) in [5.74, 6) is -0.402. The molecule has 0 aliphatic carbocycles. The second kappa shape index (κ2) is 7.05. The standard InChI is InChI=1S/C19H19ClN2O2/c1-13(21-18(23)15-7-4-9-16(20)12-15)19(24)22-11-5-8-14-6-2-3-10-17(14)22/h2-4,6-7,9-10,12-13H,5,8,11H2,1H3,(H,21,23)/t13-/m0/s1. The van der Waals surface area contributed by atoms with Gasteiger partial charge in [0.25, 0.3) is 5.91 Å². The Kier molecular flexibility index (Phi) is 4.86. The molecule has 1 atom stereocenters. The number of para-hydroxylation sites is 1. The van der Waals surface area contributed by atoms with Gasteiger partial charge in [0.15, 0.2) is 0 Å². The van der Waals surface area contributed by atoms with E-state index < -0.39 is 6.04 Å². The van der Waals surface area contributed by atoms with Crippen LogP contribution in [0, 0.1) is 0 Å². The molecule has 0 aromatic heterocycles. The van der Waals surface area contributed by atoms with Crippen LogP contribution in [-0.2, 0) is 11.2 Å². The van der Waals surface area contributed by atoms with Crippen LogP contribution in [0.5, 0.6) is 0 Å². The van der Waals surface area contributed by atoms with Crippen molar-refractivity contribution in [1.82, 2.24) is 5.32 Å². The minimum absolute atomic E-state index is 0.0995. The Morgan fingerprint density at radius 2 is 1.96 bits per heavy atom. The van der Waals surface area contributed by atoms with Crippen LogP contribution >= 0.6 is 11.6 Å². The highest BCUT2D eigenvalue weighted by atomic mass is 35.5. The summed E-state index contributed by atoms with van der Waals surface area (Å²) in [4.78, 5) is 26.8. The lowest BCUT2D eigenvalue weighted by atomic mass is 10.0. The van der Waals surface area contributed by atoms with E-state index in [0.717, 1.165) is 18.5 Å². The van der Waals surface area contributed by atoms with Crippen molar-refractivity contribution in [3.63, 3.8) is 0 Å². The van der Waals surface area contributed by atoms with Gasteiger partial charge in [0.1, 0.15) is 6.04 Å². The number of carbonyl (C=O) groups is 2. The predicted molar refractivity (Wildman–Crippen MR) is 95.5 cm³/mol. The summed E-state index contributed by atoms with van der Waals surface area (Å²) in [6.45, 7) is 2.38. The van der Waals surface area contributed by atoms with Gasteiger partial charge in [-0.1, -0.05) is 35.9 Å². The van der Waals surface area contributed by atoms with Crippen LogP contribution in [0.25, 0.3) is 0 Å². The molecule has 24 heavy (non-hydrogen) atoms. The fourth-order valence-electron chi connectivity index (χ4n) is 2.97. The number of nitrogens with zero attached hydrogens (tertiary/aromatic N) is 1. The third-order valence-corrected chi connectivity index (χ3v) is 4.42. The number of fused-ring (bicyclic) bond motifs is 1. The van der Waals surface area contributed by atoms with Gasteiger partial charge >= 0.3 is 0 Å². The van der Waals surface area contributed by atoms with Crippen molar-refractivity contribution in [2.75, 3.05) is 11.4 Å². The van der Waals surface area contributed by atoms with Crippen molar-refractivity contribution in [3.8, 4) is 0 Å². The van der Waals surface area contributed by atoms with Gasteiger partial charge < -0.3 is 10.2 Å². The molecule has 0 saturated carbocycles. The zero-order chi connectivity index (χ0) is 17.1. The Hall–Kier alpha value is -2.33. The molecule has 0 radical (unpaired) electrons. The molecular formula is C19H19ClN2O2. The Morgan fingerprint density at radius 1 is 1.17 bits per heavy atom. The second-order valence-electron chi connectivity index (χ2n) is 5.93. The molecule has 5 heteroatoms. The number of rotatable bonds is 3. The molecule has 3 rings (SSSR count). The van der Waals surface area contributed by atoms with E-state index in [4.69, 9.17) is 11.6 Å². The van der Waals surface area contributed by atoms with Gasteiger partial charge in [-0.05, 0) is 49.6 Å². The van der Waals surface area contributed by atoms with Gasteiger partial charge in [-0.2, -0.15) is 0 Å². The minimum Gasteiger partial charge on any atom is -0.341 e. The van der Waals surface area contributed by atoms with Crippen molar-refractivity contribution in [2.24, 2.45) is 0 Å². The van der Waals surface area contributed by atoms with Crippen LogP contribution < -0.4 is 10.2 Å². The highest BCUT2D eigenvalue weighted by Crippen LogP contribution is 2.27. The van der Waals surface area contributed by atoms with Crippen LogP contribution in [0.2, 0.25) is 5.02 Å². The molecule has 0 bridgehead atoms. The quantitative estimate of drug-likeness (QED) is 0.929. The Labute approximate surface area is 146 Å². The largest absolute Gasteiger partial charge is 0.341 e. The monoisotopic (exact) mass is 342 g/mol. The van der Waals surface area contributed by atoms with Gasteiger partial charge in [-0.3, -0.25) is 9.59 Å². The zero-order valence-electron chi connectivity index (χ0n) is 13.5. The molecule has 1 heterocycles. The molecule has 0 fully saturated rings. The first-order chi connectivity index (χ1) is 11.6. The first-order valence-corrected chi connectivity index (χ1v) is 8.40. The SMILES string of the molecule is C[C@H](NC(=O)c1cccc(Cl)c1)C(=O)N1CCCc2ccccc21. The van der Waals surface area contributed by atoms with Crippen molar-refractivity contribution < 1.29 is 9.59 Å². The van der Waals surface area contributed by atoms with E-state index in [1.165, 1.54) is 5.56 Å². The third-order valence-electron chi connectivity index (χ3n) is 4.18. The zero-order valence-corrected chi connectivity index (χ0v) is 14.2. The molecule has 0 spiro atoms. The Balaban J connectivity index is 1.73. The van der Waals surface area contributed by atoms with E-state index in [1.807, 2.05) is 24.3 Å². The molecule has 0 saturated heterocycles. The van der Waals surface area contributed by atoms with Crippen LogP contribution in [0.4, 0.5) is 5.69 Å². The molecule has 2 aromatic carbocycles. The van der Waals surface area contributed by atoms with Crippen molar-refractivity contribution in [3.05, 3.63) is 64.7 Å². The number of halogens is 1. The Bertz CT molecular complexity index is 775. The molecule has 1 aliphatic heterocycles. The average Bonchev–Trinajstić information content (AvgIpc) is 2.60. The van der Waals surface area contributed by atoms with Crippen molar-refractivity contribution >= 4 is 29.1 Å². The first kappa shape index (κ1) is 16.5. The summed E-state index contributed by atoms with van der Waals surface area (Å²) in [7, 11) is 0. The lowest BCUT2D eigenvalue weighted by molar-refractivity contribution is -0.120. The second-order valence-corrected chi connectivity index (χ2v) is 6.36. The molecule has 1 aliphatic rings. The fourth-order valence-corrected chi connectivity index (χ4v) is 3.16. The van der Waals surface area contributed by atoms with Gasteiger partial charge in [0.05, 0.1) is 0 Å². The number of anilines is 1. The van der Waals surface area contributed by atoms with E-state index in [9.17, 15) is 9.59 Å². The van der Waals surface area contributed by atoms with E-state index in [-0.39, 0.29) is 11.8 Å². The van der Waals surface area contributed by atoms with Gasteiger partial charge in [-0.25, -0.2) is 0 Å². The Morgan fingerprint density at radius 3 is 2.75 bits per heavy atom. The molecule has 4 nitrogen and oxygen atoms in total. The number of amides is 2. The number of nitrogens with one attached hydrogen (secondary N) is 1. The summed E-state index contributed by atoms with van der Waals surface area (Å²) < 4.78 is 0. The maximum Gasteiger partial charge on any atom is 0.251 e. The normalized spacial score (nSPS) is 14.7. The fraction of sp³-hybridized carbons (Fsp3) is 0.263. The lowest BCUT2D eigenvalue weighted by Crippen LogP contribution is -2.48. The predicted octanol–water partition coefficient (Wildman–Crippen LogP) is 3.44. The number of carbonyl (C=O) groups excluding carboxylic acids is 2. The summed E-state index contributed by atoms with van der Waals surface area (Å²) in [6.07, 6.45) is 1.90. The topological polar surface area (TPSA) is 49.4 Å². The molecule has 0 unspecified atom stereocenters. The maximum atomic E-state index is 12.8. The minimum atomic E-state index is -0.609. The van der Waals surface area contributed by atoms with Crippen LogP contribution in [0.15, 0.2) is 48.5 Å². The summed E-state index contributed by atoms with van der Waals surface area (Å²) in [5.41, 5.74) is 2.56. The average molecular weight is 343 g/mol. The van der Waals surface area contributed by atoms with E-state index in [2.05, 4.69) is 5.32 Å². The smallest absolute Gasteiger partial charge is 0.251 e. The highest BCUT2D eigenvalue weighted by molar-refractivity contribution is 6.31. The molecule has 2 amide bonds. The lowest BCUT2D eigenvalue weighted by Gasteiger charge is -2.31. The van der Waals surface area contributed by atoms with Crippen LogP contribution in [0.1, 0.15) is 29.3 Å². The number of hydrogen-bond donors (Lipinski definition) is 1. The van der Waals surface area contributed by atoms with E-state index in [0.29, 0.717) is 17.1 Å². The summed E-state index contributed by atoms with van der Waals surface area (Å²) in [5, 5.41) is 3.25. The van der Waals surface area contributed by atoms with Gasteiger partial charge in [-0.15, -0.1) is 0 Å². The summed E-state index contributed by atoms with van der Waals surface area (Å²) >= 11 is 5.91. The number of aryl methyl sites for hydroxylation is 1. The first-order valence-electron chi connectivity index (χ1n) is 8.02. The van der Waals surface area contributed by atoms with Gasteiger partial charge in [0.2, 0.25) is 5.91 Å². The number of benzene rings is 2. The van der Waals surface area contributed by atoms with Crippen molar-refractivity contribution in [1.29, 1.82) is 0 Å². The van der Waals surface area contributed by atoms with Crippen molar-refractivity contribution in [2.45, 2.75) is 25.8 Å². The molecular weight excluding hydrogens is 324 g/mol. The maximum absolute atomic E-state index is 12.8. The van der Waals surface area contributed by atoms with E-state index in [1.54, 1.807) is 36.1 Å². The van der Waals surface area contributed by atoms with Crippen LogP contribution in [0.3, 0.4) is 0 Å². The molecule has 1 N–H and O–H groups in total. The number of hydrogen-bond acceptors (Lipinski definition) is 2. The van der Waals surface area contributed by atoms with Gasteiger partial charge in [0, 0.05) is 22.8 Å². The van der Waals surface area contributed by atoms with Crippen LogP contribution in [-0.4, -0.2) is 24.4 Å². The third kappa shape index (κ3) is 3.44. The molecule has 124 valence electrons. The van der Waals surface area contributed by atoms with E-state index >= 15 is 0 Å². The summed E-state index contributed by atoms with van der Waals surface area (Å²) in [6, 6.07) is 14.0. The highest BCUT2D eigenvalue weighted by Gasteiger charge is 2.27.